The zero-order valence-corrected chi connectivity index (χ0v) is 26.0. The third kappa shape index (κ3) is 3.54. The number of methoxy groups -OCH3 is 1. The van der Waals surface area contributed by atoms with E-state index in [1.54, 1.807) is 7.11 Å². The zero-order chi connectivity index (χ0) is 31.2. The van der Waals surface area contributed by atoms with Crippen LogP contribution in [0.3, 0.4) is 0 Å². The van der Waals surface area contributed by atoms with E-state index in [1.807, 2.05) is 30.3 Å². The number of hydrogen-bond acceptors (Lipinski definition) is 4. The zero-order valence-electron chi connectivity index (χ0n) is 26.0. The Morgan fingerprint density at radius 3 is 2.37 bits per heavy atom. The average Bonchev–Trinajstić information content (AvgIpc) is 3.59. The molecule has 0 saturated heterocycles. The Morgan fingerprint density at radius 1 is 0.826 bits per heavy atom. The second kappa shape index (κ2) is 9.49. The first-order valence-electron chi connectivity index (χ1n) is 15.8. The molecule has 3 aliphatic rings. The van der Waals surface area contributed by atoms with Gasteiger partial charge in [-0.1, -0.05) is 80.6 Å². The van der Waals surface area contributed by atoms with Crippen molar-refractivity contribution in [3.8, 4) is 28.7 Å². The third-order valence-electron chi connectivity index (χ3n) is 10.3. The monoisotopic (exact) mass is 597 g/mol. The smallest absolute Gasteiger partial charge is 0.174 e. The van der Waals surface area contributed by atoms with Crippen molar-refractivity contribution in [2.24, 2.45) is 0 Å². The van der Waals surface area contributed by atoms with Crippen LogP contribution >= 0.6 is 0 Å². The van der Waals surface area contributed by atoms with Gasteiger partial charge in [0.2, 0.25) is 0 Å². The summed E-state index contributed by atoms with van der Waals surface area (Å²) in [5.74, 6) is 2.71. The molecule has 1 atom stereocenters. The Morgan fingerprint density at radius 2 is 1.59 bits per heavy atom. The molecule has 0 spiro atoms. The van der Waals surface area contributed by atoms with E-state index < -0.39 is 5.60 Å². The van der Waals surface area contributed by atoms with Gasteiger partial charge >= 0.3 is 0 Å². The Kier molecular flexibility index (Phi) is 5.53. The highest BCUT2D eigenvalue weighted by molar-refractivity contribution is 6.08. The molecule has 0 bridgehead atoms. The van der Waals surface area contributed by atoms with Gasteiger partial charge < -0.3 is 13.9 Å². The van der Waals surface area contributed by atoms with E-state index in [1.165, 1.54) is 27.8 Å². The van der Waals surface area contributed by atoms with Crippen molar-refractivity contribution < 1.29 is 13.9 Å². The maximum atomic E-state index is 9.75. The number of benzene rings is 5. The summed E-state index contributed by atoms with van der Waals surface area (Å²) in [4.78, 5) is 0. The number of hydrogen-bond donors (Lipinski definition) is 0. The number of rotatable bonds is 3. The summed E-state index contributed by atoms with van der Waals surface area (Å²) in [7, 11) is 1.69. The maximum Gasteiger partial charge on any atom is 0.174 e. The number of fused-ring (bicyclic) bond motifs is 11. The Labute approximate surface area is 267 Å². The van der Waals surface area contributed by atoms with Gasteiger partial charge in [0.25, 0.3) is 0 Å². The number of furan rings is 1. The molecule has 2 aliphatic carbocycles. The van der Waals surface area contributed by atoms with Gasteiger partial charge in [0.15, 0.2) is 5.60 Å². The normalized spacial score (nSPS) is 18.6. The van der Waals surface area contributed by atoms with Crippen molar-refractivity contribution in [3.63, 3.8) is 0 Å². The molecule has 6 aromatic rings. The lowest BCUT2D eigenvalue weighted by atomic mass is 9.75. The third-order valence-corrected chi connectivity index (χ3v) is 10.3. The lowest BCUT2D eigenvalue weighted by Gasteiger charge is -2.40. The highest BCUT2D eigenvalue weighted by Gasteiger charge is 2.45. The summed E-state index contributed by atoms with van der Waals surface area (Å²) >= 11 is 0. The number of nitrogens with zero attached hydrogens (tertiary/aromatic N) is 1. The topological polar surface area (TPSA) is 55.4 Å². The summed E-state index contributed by atoms with van der Waals surface area (Å²) in [5.41, 5.74) is 9.73. The largest absolute Gasteiger partial charge is 0.497 e. The van der Waals surface area contributed by atoms with Gasteiger partial charge in [0.1, 0.15) is 22.8 Å². The van der Waals surface area contributed by atoms with Gasteiger partial charge in [-0.3, -0.25) is 0 Å². The van der Waals surface area contributed by atoms with E-state index in [-0.39, 0.29) is 5.41 Å². The second-order valence-corrected chi connectivity index (χ2v) is 13.0. The van der Waals surface area contributed by atoms with Crippen molar-refractivity contribution in [2.75, 3.05) is 7.11 Å². The van der Waals surface area contributed by atoms with Crippen LogP contribution in [0.1, 0.15) is 59.4 Å². The summed E-state index contributed by atoms with van der Waals surface area (Å²) in [6, 6.07) is 33.6. The van der Waals surface area contributed by atoms with Crippen LogP contribution in [0.4, 0.5) is 0 Å². The van der Waals surface area contributed by atoms with Crippen LogP contribution in [-0.2, 0) is 17.4 Å². The number of aryl methyl sites for hydroxylation is 1. The molecule has 1 aromatic heterocycles. The maximum absolute atomic E-state index is 9.75. The fourth-order valence-electron chi connectivity index (χ4n) is 8.10. The molecule has 4 heteroatoms. The van der Waals surface area contributed by atoms with Crippen LogP contribution in [0.2, 0.25) is 0 Å². The van der Waals surface area contributed by atoms with Crippen LogP contribution < -0.4 is 9.47 Å². The first-order chi connectivity index (χ1) is 22.4. The molecule has 1 aliphatic heterocycles. The summed E-state index contributed by atoms with van der Waals surface area (Å²) in [5, 5.41) is 13.1. The molecular weight excluding hydrogens is 566 g/mol. The molecule has 9 rings (SSSR count). The molecule has 0 saturated carbocycles. The average molecular weight is 598 g/mol. The minimum absolute atomic E-state index is 0.325. The Hall–Kier alpha value is -5.53. The van der Waals surface area contributed by atoms with Crippen LogP contribution in [0.15, 0.2) is 107 Å². The van der Waals surface area contributed by atoms with E-state index in [4.69, 9.17) is 13.9 Å². The second-order valence-electron chi connectivity index (χ2n) is 13.0. The van der Waals surface area contributed by atoms with Crippen molar-refractivity contribution in [1.29, 1.82) is 5.26 Å². The van der Waals surface area contributed by atoms with Gasteiger partial charge in [-0.25, -0.2) is 0 Å². The van der Waals surface area contributed by atoms with E-state index in [0.717, 1.165) is 68.5 Å². The highest BCUT2D eigenvalue weighted by Crippen LogP contribution is 2.58. The lowest BCUT2D eigenvalue weighted by Crippen LogP contribution is -2.36. The Balaban J connectivity index is 1.31. The predicted molar refractivity (Wildman–Crippen MR) is 183 cm³/mol. The van der Waals surface area contributed by atoms with Gasteiger partial charge in [-0.15, -0.1) is 0 Å². The summed E-state index contributed by atoms with van der Waals surface area (Å²) in [6.07, 6.45) is 8.44. The van der Waals surface area contributed by atoms with Gasteiger partial charge in [0.05, 0.1) is 18.7 Å². The fourth-order valence-corrected chi connectivity index (χ4v) is 8.10. The Bertz CT molecular complexity index is 2360. The quantitative estimate of drug-likeness (QED) is 0.204. The van der Waals surface area contributed by atoms with E-state index in [2.05, 4.69) is 98.8 Å². The van der Waals surface area contributed by atoms with Crippen LogP contribution in [0.5, 0.6) is 11.5 Å². The molecular formula is C42H31NO3. The summed E-state index contributed by atoms with van der Waals surface area (Å²) in [6.45, 7) is 4.53. The fraction of sp³-hybridized carbons (Fsp3) is 0.167. The van der Waals surface area contributed by atoms with Gasteiger partial charge in [0, 0.05) is 39.3 Å². The lowest BCUT2D eigenvalue weighted by molar-refractivity contribution is 0.154. The molecule has 0 radical (unpaired) electrons. The van der Waals surface area contributed by atoms with E-state index >= 15 is 0 Å². The van der Waals surface area contributed by atoms with Crippen LogP contribution in [-0.4, -0.2) is 7.11 Å². The van der Waals surface area contributed by atoms with E-state index in [0.29, 0.717) is 5.56 Å². The minimum Gasteiger partial charge on any atom is -0.497 e. The summed E-state index contributed by atoms with van der Waals surface area (Å²) < 4.78 is 19.4. The van der Waals surface area contributed by atoms with E-state index in [9.17, 15) is 5.26 Å². The molecule has 2 heterocycles. The first-order valence-corrected chi connectivity index (χ1v) is 15.8. The highest BCUT2D eigenvalue weighted by atomic mass is 16.5. The number of para-hydroxylation sites is 1. The molecule has 0 amide bonds. The molecule has 4 nitrogen and oxygen atoms in total. The SMILES string of the molecule is COc1ccc(C2(C3=Cc4c(oc5ccccc45)CC3)C=Cc3c4c(c5ccccc5c3O2)-c2ccc(C#N)cc2C4(C)C)cc1. The molecule has 0 N–H and O–H groups in total. The van der Waals surface area contributed by atoms with Gasteiger partial charge in [-0.2, -0.15) is 5.26 Å². The van der Waals surface area contributed by atoms with Crippen molar-refractivity contribution in [3.05, 3.63) is 142 Å². The van der Waals surface area contributed by atoms with Crippen LogP contribution in [0, 0.1) is 11.3 Å². The molecule has 5 aromatic carbocycles. The van der Waals surface area contributed by atoms with Crippen LogP contribution in [0.25, 0.3) is 45.0 Å². The number of nitriles is 1. The molecule has 1 unspecified atom stereocenters. The molecule has 0 fully saturated rings. The van der Waals surface area contributed by atoms with Crippen molar-refractivity contribution in [2.45, 2.75) is 37.7 Å². The van der Waals surface area contributed by atoms with Crippen molar-refractivity contribution in [1.82, 2.24) is 0 Å². The standard InChI is InChI=1S/C42H31NO3/c1-41(2)35-22-25(24-43)12-18-32(35)38-30-9-4-5-10-31(30)40-33(39(38)41)20-21-42(46-40,26-13-16-28(44-3)17-14-26)27-15-19-37-34(23-27)29-8-6-7-11-36(29)45-37/h4-14,16-18,20-23H,15,19H2,1-3H3. The minimum atomic E-state index is -0.837. The first kappa shape index (κ1) is 26.8. The van der Waals surface area contributed by atoms with Crippen molar-refractivity contribution >= 4 is 33.9 Å². The number of ether oxygens (including phenoxy) is 2. The van der Waals surface area contributed by atoms with Gasteiger partial charge in [-0.05, 0) is 82.1 Å². The predicted octanol–water partition coefficient (Wildman–Crippen LogP) is 10.1. The molecule has 46 heavy (non-hydrogen) atoms. The molecule has 222 valence electrons.